The molecule has 19 heavy (non-hydrogen) atoms. The Morgan fingerprint density at radius 2 is 2.16 bits per heavy atom. The highest BCUT2D eigenvalue weighted by Crippen LogP contribution is 2.45. The minimum atomic E-state index is -0.0112. The molecule has 1 saturated heterocycles. The van der Waals surface area contributed by atoms with Crippen molar-refractivity contribution in [3.8, 4) is 0 Å². The molecule has 1 saturated carbocycles. The summed E-state index contributed by atoms with van der Waals surface area (Å²) in [5.74, 6) is 0.204. The van der Waals surface area contributed by atoms with Gasteiger partial charge in [-0.25, -0.2) is 0 Å². The molecule has 1 aromatic rings. The van der Waals surface area contributed by atoms with Crippen LogP contribution in [-0.2, 0) is 4.74 Å². The third-order valence-corrected chi connectivity index (χ3v) is 4.55. The number of carbonyl (C=O) groups is 1. The second-order valence-electron chi connectivity index (χ2n) is 5.71. The number of ketones is 1. The van der Waals surface area contributed by atoms with Gasteiger partial charge in [0.1, 0.15) is 0 Å². The van der Waals surface area contributed by atoms with Gasteiger partial charge in [0.05, 0.1) is 5.60 Å². The summed E-state index contributed by atoms with van der Waals surface area (Å²) >= 11 is 5.97. The van der Waals surface area contributed by atoms with Gasteiger partial charge in [-0.05, 0) is 50.3 Å². The predicted molar refractivity (Wildman–Crippen MR) is 75.5 cm³/mol. The number of carbonyl (C=O) groups excluding carboxylic acids is 1. The molecule has 0 aromatic heterocycles. The third-order valence-electron chi connectivity index (χ3n) is 4.33. The Labute approximate surface area is 118 Å². The summed E-state index contributed by atoms with van der Waals surface area (Å²) in [5, 5.41) is 0.522. The molecule has 3 nitrogen and oxygen atoms in total. The Morgan fingerprint density at radius 1 is 1.37 bits per heavy atom. The Hall–Kier alpha value is -1.06. The second-order valence-corrected chi connectivity index (χ2v) is 6.15. The van der Waals surface area contributed by atoms with Crippen LogP contribution in [0.3, 0.4) is 0 Å². The minimum absolute atomic E-state index is 0.0112. The molecular weight excluding hydrogens is 262 g/mol. The lowest BCUT2D eigenvalue weighted by Crippen LogP contribution is -2.47. The Balaban J connectivity index is 1.79. The van der Waals surface area contributed by atoms with Crippen molar-refractivity contribution in [1.82, 2.24) is 0 Å². The minimum Gasteiger partial charge on any atom is -0.399 e. The highest BCUT2D eigenvalue weighted by atomic mass is 35.5. The first kappa shape index (κ1) is 12.9. The summed E-state index contributed by atoms with van der Waals surface area (Å²) < 4.78 is 5.86. The molecule has 3 rings (SSSR count). The number of Topliss-reactive ketones (excluding diaryl/α,β-unsaturated/α-hetero) is 1. The monoisotopic (exact) mass is 279 g/mol. The summed E-state index contributed by atoms with van der Waals surface area (Å²) in [4.78, 5) is 12.6. The van der Waals surface area contributed by atoms with Crippen LogP contribution in [0.2, 0.25) is 5.02 Å². The van der Waals surface area contributed by atoms with Gasteiger partial charge in [0, 0.05) is 28.8 Å². The molecule has 0 bridgehead atoms. The summed E-state index contributed by atoms with van der Waals surface area (Å²) in [6.07, 6.45) is 5.04. The van der Waals surface area contributed by atoms with E-state index in [1.807, 2.05) is 0 Å². The van der Waals surface area contributed by atoms with Crippen molar-refractivity contribution in [2.75, 3.05) is 12.3 Å². The molecule has 1 aliphatic heterocycles. The topological polar surface area (TPSA) is 52.3 Å². The molecule has 1 aromatic carbocycles. The van der Waals surface area contributed by atoms with Crippen LogP contribution in [0.1, 0.15) is 42.5 Å². The zero-order valence-corrected chi connectivity index (χ0v) is 11.6. The first-order chi connectivity index (χ1) is 9.08. The predicted octanol–water partition coefficient (Wildman–Crippen LogP) is 3.45. The molecule has 1 heterocycles. The smallest absolute Gasteiger partial charge is 0.166 e. The quantitative estimate of drug-likeness (QED) is 0.666. The first-order valence-electron chi connectivity index (χ1n) is 6.82. The van der Waals surface area contributed by atoms with Gasteiger partial charge in [-0.1, -0.05) is 11.6 Å². The standard InChI is InChI=1S/C15H18ClNO2/c16-12-6-11(7-13(17)8-12)14(18)10-2-5-19-15(9-10)3-1-4-15/h6-8,10H,1-5,9,17H2. The van der Waals surface area contributed by atoms with Crippen molar-refractivity contribution in [3.63, 3.8) is 0 Å². The van der Waals surface area contributed by atoms with Gasteiger partial charge in [0.25, 0.3) is 0 Å². The average Bonchev–Trinajstić information content (AvgIpc) is 2.35. The Bertz CT molecular complexity index is 491. The molecule has 2 N–H and O–H groups in total. The molecule has 4 heteroatoms. The SMILES string of the molecule is Nc1cc(Cl)cc(C(=O)C2CCOC3(CCC3)C2)c1. The van der Waals surface area contributed by atoms with Crippen LogP contribution in [0.15, 0.2) is 18.2 Å². The van der Waals surface area contributed by atoms with Crippen LogP contribution in [0.5, 0.6) is 0 Å². The molecule has 1 spiro atoms. The van der Waals surface area contributed by atoms with Gasteiger partial charge < -0.3 is 10.5 Å². The van der Waals surface area contributed by atoms with Gasteiger partial charge in [-0.15, -0.1) is 0 Å². The van der Waals surface area contributed by atoms with E-state index in [-0.39, 0.29) is 17.3 Å². The van der Waals surface area contributed by atoms with E-state index in [1.54, 1.807) is 18.2 Å². The van der Waals surface area contributed by atoms with Crippen LogP contribution in [-0.4, -0.2) is 18.0 Å². The number of nitrogens with two attached hydrogens (primary N) is 1. The van der Waals surface area contributed by atoms with Crippen molar-refractivity contribution in [2.45, 2.75) is 37.7 Å². The lowest BCUT2D eigenvalue weighted by molar-refractivity contribution is -0.137. The van der Waals surface area contributed by atoms with E-state index in [9.17, 15) is 4.79 Å². The number of hydrogen-bond acceptors (Lipinski definition) is 3. The Kier molecular flexibility index (Phi) is 3.27. The van der Waals surface area contributed by atoms with E-state index in [0.717, 1.165) is 25.7 Å². The number of nitrogen functional groups attached to an aromatic ring is 1. The zero-order valence-electron chi connectivity index (χ0n) is 10.8. The molecule has 0 radical (unpaired) electrons. The number of rotatable bonds is 2. The van der Waals surface area contributed by atoms with Crippen LogP contribution in [0, 0.1) is 5.92 Å². The highest BCUT2D eigenvalue weighted by Gasteiger charge is 2.44. The highest BCUT2D eigenvalue weighted by molar-refractivity contribution is 6.31. The fourth-order valence-electron chi connectivity index (χ4n) is 3.16. The van der Waals surface area contributed by atoms with Gasteiger partial charge in [-0.3, -0.25) is 4.79 Å². The van der Waals surface area contributed by atoms with Crippen LogP contribution in [0.25, 0.3) is 0 Å². The number of ether oxygens (including phenoxy) is 1. The fourth-order valence-corrected chi connectivity index (χ4v) is 3.40. The van der Waals surface area contributed by atoms with Gasteiger partial charge in [-0.2, -0.15) is 0 Å². The molecule has 1 aliphatic carbocycles. The summed E-state index contributed by atoms with van der Waals surface area (Å²) in [5.41, 5.74) is 6.92. The lowest BCUT2D eigenvalue weighted by atomic mass is 9.70. The lowest BCUT2D eigenvalue weighted by Gasteiger charge is -2.46. The van der Waals surface area contributed by atoms with E-state index >= 15 is 0 Å². The van der Waals surface area contributed by atoms with Gasteiger partial charge >= 0.3 is 0 Å². The van der Waals surface area contributed by atoms with Crippen LogP contribution in [0.4, 0.5) is 5.69 Å². The van der Waals surface area contributed by atoms with Crippen LogP contribution < -0.4 is 5.73 Å². The van der Waals surface area contributed by atoms with Crippen molar-refractivity contribution in [1.29, 1.82) is 0 Å². The summed E-state index contributed by atoms with van der Waals surface area (Å²) in [6, 6.07) is 5.09. The van der Waals surface area contributed by atoms with Crippen LogP contribution >= 0.6 is 11.6 Å². The molecule has 2 fully saturated rings. The van der Waals surface area contributed by atoms with E-state index in [2.05, 4.69) is 0 Å². The first-order valence-corrected chi connectivity index (χ1v) is 7.20. The van der Waals surface area contributed by atoms with Crippen molar-refractivity contribution in [3.05, 3.63) is 28.8 Å². The molecular formula is C15H18ClNO2. The number of halogens is 1. The third kappa shape index (κ3) is 2.49. The van der Waals surface area contributed by atoms with E-state index in [0.29, 0.717) is 22.9 Å². The molecule has 1 unspecified atom stereocenters. The fraction of sp³-hybridized carbons (Fsp3) is 0.533. The average molecular weight is 280 g/mol. The summed E-state index contributed by atoms with van der Waals surface area (Å²) in [7, 11) is 0. The molecule has 0 amide bonds. The molecule has 2 aliphatic rings. The maximum atomic E-state index is 12.6. The summed E-state index contributed by atoms with van der Waals surface area (Å²) in [6.45, 7) is 0.687. The molecule has 102 valence electrons. The van der Waals surface area contributed by atoms with Gasteiger partial charge in [0.2, 0.25) is 0 Å². The van der Waals surface area contributed by atoms with Gasteiger partial charge in [0.15, 0.2) is 5.78 Å². The maximum absolute atomic E-state index is 12.6. The zero-order chi connectivity index (χ0) is 13.5. The van der Waals surface area contributed by atoms with E-state index < -0.39 is 0 Å². The Morgan fingerprint density at radius 3 is 2.79 bits per heavy atom. The number of benzene rings is 1. The number of hydrogen-bond donors (Lipinski definition) is 1. The molecule has 1 atom stereocenters. The maximum Gasteiger partial charge on any atom is 0.166 e. The second kappa shape index (κ2) is 4.80. The normalized spacial score (nSPS) is 25.0. The van der Waals surface area contributed by atoms with E-state index in [4.69, 9.17) is 22.1 Å². The van der Waals surface area contributed by atoms with Crippen molar-refractivity contribution in [2.24, 2.45) is 5.92 Å². The van der Waals surface area contributed by atoms with Crippen molar-refractivity contribution >= 4 is 23.1 Å². The number of anilines is 1. The van der Waals surface area contributed by atoms with Crippen molar-refractivity contribution < 1.29 is 9.53 Å². The largest absolute Gasteiger partial charge is 0.399 e. The van der Waals surface area contributed by atoms with E-state index in [1.165, 1.54) is 6.42 Å².